The Hall–Kier alpha value is -2.00. The van der Waals surface area contributed by atoms with Crippen molar-refractivity contribution in [2.24, 2.45) is 4.99 Å². The van der Waals surface area contributed by atoms with E-state index < -0.39 is 0 Å². The molecule has 0 bridgehead atoms. The molecule has 2 heterocycles. The molecular formula is C23H33FN4O2S. The highest BCUT2D eigenvalue weighted by Gasteiger charge is 2.26. The van der Waals surface area contributed by atoms with Crippen LogP contribution in [-0.2, 0) is 22.6 Å². The molecule has 1 aliphatic rings. The minimum absolute atomic E-state index is 0.234. The zero-order valence-electron chi connectivity index (χ0n) is 18.6. The third-order valence-corrected chi connectivity index (χ3v) is 6.20. The van der Waals surface area contributed by atoms with Gasteiger partial charge in [0.05, 0.1) is 31.9 Å². The van der Waals surface area contributed by atoms with E-state index in [9.17, 15) is 4.39 Å². The second-order valence-corrected chi connectivity index (χ2v) is 8.62. The van der Waals surface area contributed by atoms with Crippen molar-refractivity contribution < 1.29 is 13.9 Å². The first-order valence-corrected chi connectivity index (χ1v) is 11.7. The molecule has 0 aliphatic carbocycles. The fourth-order valence-corrected chi connectivity index (χ4v) is 4.58. The molecule has 170 valence electrons. The first kappa shape index (κ1) is 23.7. The van der Waals surface area contributed by atoms with Crippen LogP contribution in [0.25, 0.3) is 0 Å². The Morgan fingerprint density at radius 3 is 2.97 bits per heavy atom. The number of hydrogen-bond acceptors (Lipinski definition) is 5. The number of ether oxygens (including phenoxy) is 2. The summed E-state index contributed by atoms with van der Waals surface area (Å²) in [5, 5.41) is 8.95. The number of methoxy groups -OCH3 is 1. The minimum atomic E-state index is -0.252. The van der Waals surface area contributed by atoms with Crippen LogP contribution in [0.5, 0.6) is 0 Å². The molecule has 0 radical (unpaired) electrons. The SMILES string of the molecule is CCNC(=NCc1ccc(F)c(COC)c1)NCC(c1cccs1)N1CCOC(C)C1. The summed E-state index contributed by atoms with van der Waals surface area (Å²) in [6, 6.07) is 9.61. The number of nitrogens with zero attached hydrogens (tertiary/aromatic N) is 2. The van der Waals surface area contributed by atoms with Crippen molar-refractivity contribution >= 4 is 17.3 Å². The van der Waals surface area contributed by atoms with Crippen LogP contribution < -0.4 is 10.6 Å². The Bertz CT molecular complexity index is 831. The molecule has 31 heavy (non-hydrogen) atoms. The van der Waals surface area contributed by atoms with Gasteiger partial charge in [0.15, 0.2) is 5.96 Å². The summed E-state index contributed by atoms with van der Waals surface area (Å²) in [4.78, 5) is 8.53. The molecule has 0 spiro atoms. The number of benzene rings is 1. The van der Waals surface area contributed by atoms with Gasteiger partial charge in [0, 0.05) is 43.7 Å². The Balaban J connectivity index is 1.68. The number of morpholine rings is 1. The van der Waals surface area contributed by atoms with Crippen LogP contribution in [-0.4, -0.2) is 56.9 Å². The van der Waals surface area contributed by atoms with Crippen molar-refractivity contribution in [1.29, 1.82) is 0 Å². The highest BCUT2D eigenvalue weighted by atomic mass is 32.1. The van der Waals surface area contributed by atoms with Gasteiger partial charge in [-0.3, -0.25) is 4.90 Å². The topological polar surface area (TPSA) is 58.1 Å². The molecule has 8 heteroatoms. The summed E-state index contributed by atoms with van der Waals surface area (Å²) in [6.07, 6.45) is 0.234. The zero-order chi connectivity index (χ0) is 22.1. The van der Waals surface area contributed by atoms with E-state index in [0.717, 1.165) is 44.3 Å². The van der Waals surface area contributed by atoms with E-state index >= 15 is 0 Å². The fourth-order valence-electron chi connectivity index (χ4n) is 3.72. The van der Waals surface area contributed by atoms with Gasteiger partial charge in [0.1, 0.15) is 5.82 Å². The number of guanidine groups is 1. The summed E-state index contributed by atoms with van der Waals surface area (Å²) in [7, 11) is 1.57. The van der Waals surface area contributed by atoms with Gasteiger partial charge in [-0.2, -0.15) is 0 Å². The number of rotatable bonds is 9. The van der Waals surface area contributed by atoms with Gasteiger partial charge in [0.2, 0.25) is 0 Å². The lowest BCUT2D eigenvalue weighted by atomic mass is 10.1. The molecule has 3 rings (SSSR count). The monoisotopic (exact) mass is 448 g/mol. The molecule has 1 aliphatic heterocycles. The Kier molecular flexibility index (Phi) is 9.27. The van der Waals surface area contributed by atoms with Crippen molar-refractivity contribution in [1.82, 2.24) is 15.5 Å². The van der Waals surface area contributed by atoms with Crippen molar-refractivity contribution in [3.8, 4) is 0 Å². The second-order valence-electron chi connectivity index (χ2n) is 7.64. The predicted octanol–water partition coefficient (Wildman–Crippen LogP) is 3.55. The van der Waals surface area contributed by atoms with Crippen molar-refractivity contribution in [2.75, 3.05) is 39.9 Å². The summed E-state index contributed by atoms with van der Waals surface area (Å²) in [6.45, 7) is 8.98. The van der Waals surface area contributed by atoms with Gasteiger partial charge in [-0.1, -0.05) is 12.1 Å². The summed E-state index contributed by atoms with van der Waals surface area (Å²) in [5.74, 6) is 0.501. The number of nitrogens with one attached hydrogen (secondary N) is 2. The average Bonchev–Trinajstić information content (AvgIpc) is 3.29. The van der Waals surface area contributed by atoms with Gasteiger partial charge >= 0.3 is 0 Å². The summed E-state index contributed by atoms with van der Waals surface area (Å²) < 4.78 is 24.7. The van der Waals surface area contributed by atoms with E-state index in [2.05, 4.69) is 40.0 Å². The number of halogens is 1. The third kappa shape index (κ3) is 7.00. The van der Waals surface area contributed by atoms with Crippen LogP contribution in [0.3, 0.4) is 0 Å². The highest BCUT2D eigenvalue weighted by Crippen LogP contribution is 2.26. The first-order valence-electron chi connectivity index (χ1n) is 10.8. The largest absolute Gasteiger partial charge is 0.380 e. The molecule has 1 aromatic heterocycles. The van der Waals surface area contributed by atoms with Crippen LogP contribution >= 0.6 is 11.3 Å². The van der Waals surface area contributed by atoms with Crippen LogP contribution in [0.15, 0.2) is 40.7 Å². The van der Waals surface area contributed by atoms with Crippen molar-refractivity contribution in [3.63, 3.8) is 0 Å². The standard InChI is InChI=1S/C23H33FN4O2S/c1-4-25-23(26-13-18-7-8-20(24)19(12-18)16-29-3)27-14-21(22-6-5-11-31-22)28-9-10-30-17(2)15-28/h5-8,11-12,17,21H,4,9-10,13-16H2,1-3H3,(H2,25,26,27). The molecule has 2 atom stereocenters. The van der Waals surface area contributed by atoms with E-state index in [1.54, 1.807) is 24.5 Å². The maximum atomic E-state index is 13.9. The molecule has 1 aromatic carbocycles. The number of aliphatic imine (C=N–C) groups is 1. The smallest absolute Gasteiger partial charge is 0.191 e. The Morgan fingerprint density at radius 1 is 1.39 bits per heavy atom. The van der Waals surface area contributed by atoms with Crippen molar-refractivity contribution in [3.05, 3.63) is 57.5 Å². The van der Waals surface area contributed by atoms with E-state index in [1.807, 2.05) is 13.0 Å². The number of thiophene rings is 1. The molecular weight excluding hydrogens is 415 g/mol. The normalized spacial score (nSPS) is 18.7. The van der Waals surface area contributed by atoms with E-state index in [-0.39, 0.29) is 24.6 Å². The average molecular weight is 449 g/mol. The quantitative estimate of drug-likeness (QED) is 0.454. The predicted molar refractivity (Wildman–Crippen MR) is 124 cm³/mol. The second kappa shape index (κ2) is 12.1. The molecule has 6 nitrogen and oxygen atoms in total. The fraction of sp³-hybridized carbons (Fsp3) is 0.522. The maximum Gasteiger partial charge on any atom is 0.191 e. The lowest BCUT2D eigenvalue weighted by Crippen LogP contribution is -2.48. The van der Waals surface area contributed by atoms with Gasteiger partial charge < -0.3 is 20.1 Å². The molecule has 1 saturated heterocycles. The molecule has 2 N–H and O–H groups in total. The van der Waals surface area contributed by atoms with Crippen molar-refractivity contribution in [2.45, 2.75) is 39.1 Å². The first-order chi connectivity index (χ1) is 15.1. The molecule has 2 unspecified atom stereocenters. The molecule has 0 saturated carbocycles. The zero-order valence-corrected chi connectivity index (χ0v) is 19.4. The summed E-state index contributed by atoms with van der Waals surface area (Å²) in [5.41, 5.74) is 1.50. The van der Waals surface area contributed by atoms with Crippen LogP contribution in [0.1, 0.15) is 35.9 Å². The van der Waals surface area contributed by atoms with E-state index in [1.165, 1.54) is 10.9 Å². The minimum Gasteiger partial charge on any atom is -0.380 e. The maximum absolute atomic E-state index is 13.9. The highest BCUT2D eigenvalue weighted by molar-refractivity contribution is 7.10. The van der Waals surface area contributed by atoms with E-state index in [0.29, 0.717) is 12.1 Å². The van der Waals surface area contributed by atoms with Crippen LogP contribution in [0.2, 0.25) is 0 Å². The number of hydrogen-bond donors (Lipinski definition) is 2. The lowest BCUT2D eigenvalue weighted by Gasteiger charge is -2.37. The van der Waals surface area contributed by atoms with Crippen LogP contribution in [0, 0.1) is 5.82 Å². The van der Waals surface area contributed by atoms with Gasteiger partial charge in [-0.15, -0.1) is 11.3 Å². The van der Waals surface area contributed by atoms with Gasteiger partial charge in [-0.05, 0) is 43.0 Å². The van der Waals surface area contributed by atoms with Gasteiger partial charge in [-0.25, -0.2) is 9.38 Å². The Labute approximate surface area is 188 Å². The molecule has 0 amide bonds. The Morgan fingerprint density at radius 2 is 2.26 bits per heavy atom. The van der Waals surface area contributed by atoms with Crippen LogP contribution in [0.4, 0.5) is 4.39 Å². The molecule has 1 fully saturated rings. The van der Waals surface area contributed by atoms with E-state index in [4.69, 9.17) is 14.5 Å². The lowest BCUT2D eigenvalue weighted by molar-refractivity contribution is -0.0334. The molecule has 2 aromatic rings. The third-order valence-electron chi connectivity index (χ3n) is 5.22. The summed E-state index contributed by atoms with van der Waals surface area (Å²) >= 11 is 1.78. The van der Waals surface area contributed by atoms with Gasteiger partial charge in [0.25, 0.3) is 0 Å².